The molecular formula is C33H34ClFN4O6. The number of piperidine rings is 1. The highest BCUT2D eigenvalue weighted by atomic mass is 35.5. The molecule has 2 atom stereocenters. The number of halogens is 2. The summed E-state index contributed by atoms with van der Waals surface area (Å²) in [5, 5.41) is 9.78. The van der Waals surface area contributed by atoms with E-state index in [0.29, 0.717) is 46.6 Å². The summed E-state index contributed by atoms with van der Waals surface area (Å²) in [5.74, 6) is -0.534. The Balaban J connectivity index is 1.08. The topological polar surface area (TPSA) is 112 Å². The second kappa shape index (κ2) is 11.5. The molecule has 3 aliphatic rings. The summed E-state index contributed by atoms with van der Waals surface area (Å²) in [7, 11) is 0. The van der Waals surface area contributed by atoms with Gasteiger partial charge in [-0.1, -0.05) is 23.7 Å². The number of oxazole rings is 1. The van der Waals surface area contributed by atoms with Gasteiger partial charge in [-0.3, -0.25) is 4.90 Å². The van der Waals surface area contributed by atoms with Crippen molar-refractivity contribution < 1.29 is 32.9 Å². The number of hydrogen-bond donors (Lipinski definition) is 1. The molecule has 0 bridgehead atoms. The number of hydrogen-bond acceptors (Lipinski definition) is 8. The normalized spacial score (nSPS) is 21.7. The van der Waals surface area contributed by atoms with Crippen molar-refractivity contribution in [3.63, 3.8) is 0 Å². The highest BCUT2D eigenvalue weighted by Gasteiger charge is 2.43. The van der Waals surface area contributed by atoms with Crippen LogP contribution in [0.1, 0.15) is 71.0 Å². The van der Waals surface area contributed by atoms with Crippen molar-refractivity contribution in [1.82, 2.24) is 19.4 Å². The van der Waals surface area contributed by atoms with Crippen LogP contribution in [0, 0.1) is 19.7 Å². The first-order chi connectivity index (χ1) is 21.6. The lowest BCUT2D eigenvalue weighted by Gasteiger charge is -2.33. The molecule has 2 saturated heterocycles. The number of carboxylic acid groups (broad SMARTS) is 1. The zero-order chi connectivity index (χ0) is 31.5. The highest BCUT2D eigenvalue weighted by Crippen LogP contribution is 2.50. The van der Waals surface area contributed by atoms with Crippen molar-refractivity contribution in [2.24, 2.45) is 0 Å². The van der Waals surface area contributed by atoms with E-state index >= 15 is 0 Å². The van der Waals surface area contributed by atoms with Crippen molar-refractivity contribution in [3.05, 3.63) is 81.3 Å². The number of rotatable bonds is 8. The Morgan fingerprint density at radius 1 is 1.13 bits per heavy atom. The zero-order valence-corrected chi connectivity index (χ0v) is 26.1. The maximum atomic E-state index is 14.8. The van der Waals surface area contributed by atoms with Crippen LogP contribution in [0.15, 0.2) is 40.8 Å². The van der Waals surface area contributed by atoms with Crippen molar-refractivity contribution in [3.8, 4) is 23.1 Å². The Morgan fingerprint density at radius 3 is 2.58 bits per heavy atom. The first kappa shape index (κ1) is 29.8. The van der Waals surface area contributed by atoms with E-state index in [4.69, 9.17) is 35.2 Å². The van der Waals surface area contributed by atoms with E-state index in [9.17, 15) is 14.3 Å². The molecule has 236 valence electrons. The number of aromatic carboxylic acids is 1. The molecule has 1 N–H and O–H groups in total. The molecule has 2 unspecified atom stereocenters. The van der Waals surface area contributed by atoms with Crippen molar-refractivity contribution in [2.75, 3.05) is 19.7 Å². The second-order valence-corrected chi connectivity index (χ2v) is 12.5. The van der Waals surface area contributed by atoms with E-state index in [0.717, 1.165) is 56.0 Å². The van der Waals surface area contributed by atoms with Gasteiger partial charge >= 0.3 is 5.97 Å². The molecular weight excluding hydrogens is 603 g/mol. The summed E-state index contributed by atoms with van der Waals surface area (Å²) in [6.07, 6.45) is 2.89. The Bertz CT molecular complexity index is 1780. The van der Waals surface area contributed by atoms with Gasteiger partial charge in [0.05, 0.1) is 30.5 Å². The number of imidazole rings is 1. The molecule has 3 aliphatic heterocycles. The summed E-state index contributed by atoms with van der Waals surface area (Å²) in [6, 6.07) is 10.4. The van der Waals surface area contributed by atoms with Crippen molar-refractivity contribution in [2.45, 2.75) is 70.9 Å². The summed E-state index contributed by atoms with van der Waals surface area (Å²) in [6.45, 7) is 9.00. The molecule has 2 aromatic heterocycles. The summed E-state index contributed by atoms with van der Waals surface area (Å²) < 4.78 is 40.9. The van der Waals surface area contributed by atoms with Gasteiger partial charge in [0.25, 0.3) is 5.79 Å². The molecule has 0 spiro atoms. The number of carboxylic acids is 1. The maximum Gasteiger partial charge on any atom is 0.373 e. The first-order valence-electron chi connectivity index (χ1n) is 15.2. The molecule has 45 heavy (non-hydrogen) atoms. The average Bonchev–Trinajstić information content (AvgIpc) is 3.63. The van der Waals surface area contributed by atoms with Gasteiger partial charge in [0.1, 0.15) is 17.3 Å². The molecule has 7 rings (SSSR count). The Morgan fingerprint density at radius 2 is 1.91 bits per heavy atom. The van der Waals surface area contributed by atoms with Gasteiger partial charge in [0.15, 0.2) is 11.5 Å². The van der Waals surface area contributed by atoms with Crippen LogP contribution >= 0.6 is 11.6 Å². The predicted octanol–water partition coefficient (Wildman–Crippen LogP) is 6.46. The van der Waals surface area contributed by atoms with E-state index in [-0.39, 0.29) is 23.7 Å². The summed E-state index contributed by atoms with van der Waals surface area (Å²) >= 11 is 5.98. The fourth-order valence-corrected chi connectivity index (χ4v) is 6.68. The van der Waals surface area contributed by atoms with Gasteiger partial charge in [-0.2, -0.15) is 0 Å². The van der Waals surface area contributed by atoms with Gasteiger partial charge in [0, 0.05) is 29.8 Å². The monoisotopic (exact) mass is 636 g/mol. The third-order valence-corrected chi connectivity index (χ3v) is 9.33. The number of nitrogens with zero attached hydrogens (tertiary/aromatic N) is 4. The van der Waals surface area contributed by atoms with Gasteiger partial charge < -0.3 is 28.3 Å². The van der Waals surface area contributed by atoms with Gasteiger partial charge in [-0.05, 0) is 76.4 Å². The number of aromatic nitrogens is 3. The van der Waals surface area contributed by atoms with E-state index in [1.807, 2.05) is 19.1 Å². The van der Waals surface area contributed by atoms with Gasteiger partial charge in [0.2, 0.25) is 11.7 Å². The van der Waals surface area contributed by atoms with Crippen LogP contribution in [0.25, 0.3) is 11.6 Å². The molecule has 10 nitrogen and oxygen atoms in total. The lowest BCUT2D eigenvalue weighted by Crippen LogP contribution is -2.35. The van der Waals surface area contributed by atoms with Crippen LogP contribution in [-0.2, 0) is 23.6 Å². The number of benzene rings is 2. The quantitative estimate of drug-likeness (QED) is 0.233. The third-order valence-electron chi connectivity index (χ3n) is 9.10. The van der Waals surface area contributed by atoms with E-state index in [1.165, 1.54) is 6.07 Å². The second-order valence-electron chi connectivity index (χ2n) is 12.1. The van der Waals surface area contributed by atoms with Crippen LogP contribution in [0.5, 0.6) is 11.5 Å². The average molecular weight is 637 g/mol. The number of aryl methyl sites for hydroxylation is 1. The molecule has 0 aliphatic carbocycles. The predicted molar refractivity (Wildman–Crippen MR) is 162 cm³/mol. The highest BCUT2D eigenvalue weighted by molar-refractivity contribution is 6.30. The minimum Gasteiger partial charge on any atom is -0.475 e. The minimum absolute atomic E-state index is 0.116. The van der Waals surface area contributed by atoms with E-state index < -0.39 is 17.6 Å². The van der Waals surface area contributed by atoms with E-state index in [1.54, 1.807) is 26.0 Å². The number of fused-ring (bicyclic) bond motifs is 1. The summed E-state index contributed by atoms with van der Waals surface area (Å²) in [4.78, 5) is 23.2. The zero-order valence-electron chi connectivity index (χ0n) is 25.3. The Kier molecular flexibility index (Phi) is 7.58. The van der Waals surface area contributed by atoms with Crippen molar-refractivity contribution >= 4 is 17.6 Å². The van der Waals surface area contributed by atoms with Crippen LogP contribution in [0.2, 0.25) is 5.02 Å². The van der Waals surface area contributed by atoms with Crippen LogP contribution < -0.4 is 9.47 Å². The van der Waals surface area contributed by atoms with E-state index in [2.05, 4.69) is 20.5 Å². The molecule has 4 aromatic rings. The van der Waals surface area contributed by atoms with Gasteiger partial charge in [-0.25, -0.2) is 19.2 Å². The Labute approximate surface area is 264 Å². The standard InChI is InChI=1S/C33H34ClFN4O6/c1-18-29(32(40)41)43-31(36-18)28-19(2)39(16-22-11-14-42-22)27(37-28)17-38-12-9-20(10-13-38)23-5-4-6-26-30(23)45-33(3,44-26)24-8-7-21(34)15-25(24)35/h4-8,15,20,22H,9-14,16-17H2,1-3H3,(H,40,41). The molecule has 2 aromatic carbocycles. The Hall–Kier alpha value is -3.93. The largest absolute Gasteiger partial charge is 0.475 e. The van der Waals surface area contributed by atoms with Crippen LogP contribution in [0.4, 0.5) is 4.39 Å². The first-order valence-corrected chi connectivity index (χ1v) is 15.5. The van der Waals surface area contributed by atoms with Crippen LogP contribution in [-0.4, -0.2) is 56.3 Å². The molecule has 2 fully saturated rings. The lowest BCUT2D eigenvalue weighted by atomic mass is 9.88. The fraction of sp³-hybridized carbons (Fsp3) is 0.424. The molecule has 0 saturated carbocycles. The third kappa shape index (κ3) is 5.47. The summed E-state index contributed by atoms with van der Waals surface area (Å²) in [5.41, 5.74) is 3.08. The van der Waals surface area contributed by atoms with Crippen LogP contribution in [0.3, 0.4) is 0 Å². The molecule has 0 radical (unpaired) electrons. The van der Waals surface area contributed by atoms with Crippen molar-refractivity contribution in [1.29, 1.82) is 0 Å². The molecule has 12 heteroatoms. The number of ether oxygens (including phenoxy) is 3. The smallest absolute Gasteiger partial charge is 0.373 e. The number of carbonyl (C=O) groups is 1. The number of para-hydroxylation sites is 1. The maximum absolute atomic E-state index is 14.8. The molecule has 0 amide bonds. The fourth-order valence-electron chi connectivity index (χ4n) is 6.52. The number of likely N-dealkylation sites (tertiary alicyclic amines) is 1. The minimum atomic E-state index is -1.29. The lowest BCUT2D eigenvalue weighted by molar-refractivity contribution is -0.0712. The SMILES string of the molecule is Cc1nc(-c2nc(CN3CCC(c4cccc5c4OC(C)(c4ccc(Cl)cc4F)O5)CC3)n(CC3CCO3)c2C)oc1C(=O)O. The van der Waals surface area contributed by atoms with Gasteiger partial charge in [-0.15, -0.1) is 0 Å². The molecule has 5 heterocycles.